The molecule has 2 heterocycles. The van der Waals surface area contributed by atoms with Crippen molar-refractivity contribution in [2.75, 3.05) is 7.05 Å². The highest BCUT2D eigenvalue weighted by Gasteiger charge is 2.16. The van der Waals surface area contributed by atoms with E-state index in [9.17, 15) is 4.79 Å². The van der Waals surface area contributed by atoms with Gasteiger partial charge in [0, 0.05) is 29.5 Å². The molecule has 19 heavy (non-hydrogen) atoms. The summed E-state index contributed by atoms with van der Waals surface area (Å²) in [5, 5.41) is 2.91. The zero-order valence-electron chi connectivity index (χ0n) is 10.5. The highest BCUT2D eigenvalue weighted by atomic mass is 32.1. The number of nitrogens with one attached hydrogen (secondary N) is 1. The van der Waals surface area contributed by atoms with Crippen LogP contribution >= 0.6 is 11.3 Å². The predicted molar refractivity (Wildman–Crippen MR) is 76.2 cm³/mol. The fourth-order valence-corrected chi connectivity index (χ4v) is 2.63. The topological polar surface area (TPSA) is 49.0 Å². The van der Waals surface area contributed by atoms with Gasteiger partial charge in [-0.25, -0.2) is 4.98 Å². The third-order valence-corrected chi connectivity index (χ3v) is 3.68. The lowest BCUT2D eigenvalue weighted by Gasteiger charge is -2.15. The highest BCUT2D eigenvalue weighted by molar-refractivity contribution is 7.07. The lowest BCUT2D eigenvalue weighted by atomic mass is 10.1. The predicted octanol–water partition coefficient (Wildman–Crippen LogP) is 2.90. The van der Waals surface area contributed by atoms with E-state index in [1.807, 2.05) is 29.6 Å². The van der Waals surface area contributed by atoms with E-state index in [1.54, 1.807) is 23.7 Å². The molecule has 5 heteroatoms. The average Bonchev–Trinajstić information content (AvgIpc) is 3.06. The molecular weight excluding hydrogens is 258 g/mol. The zero-order valence-corrected chi connectivity index (χ0v) is 11.3. The van der Waals surface area contributed by atoms with Crippen LogP contribution in [0.15, 0.2) is 41.4 Å². The van der Waals surface area contributed by atoms with Crippen molar-refractivity contribution in [3.8, 4) is 0 Å². The first-order valence-corrected chi connectivity index (χ1v) is 6.88. The van der Waals surface area contributed by atoms with Crippen molar-refractivity contribution >= 4 is 28.1 Å². The molecule has 1 aromatic carbocycles. The molecule has 2 aromatic heterocycles. The highest BCUT2D eigenvalue weighted by Crippen LogP contribution is 2.19. The maximum Gasteiger partial charge on any atom is 0.256 e. The molecule has 3 rings (SSSR count). The number of aromatic amines is 1. The molecule has 0 saturated carbocycles. The van der Waals surface area contributed by atoms with Crippen LogP contribution in [0.2, 0.25) is 0 Å². The number of thiazole rings is 1. The summed E-state index contributed by atoms with van der Waals surface area (Å²) < 4.78 is 0. The van der Waals surface area contributed by atoms with Gasteiger partial charge < -0.3 is 9.88 Å². The summed E-state index contributed by atoms with van der Waals surface area (Å²) in [6.07, 6.45) is 1.77. The largest absolute Gasteiger partial charge is 0.360 e. The molecule has 0 spiro atoms. The van der Waals surface area contributed by atoms with E-state index < -0.39 is 0 Å². The molecule has 0 unspecified atom stereocenters. The van der Waals surface area contributed by atoms with Gasteiger partial charge in [-0.15, -0.1) is 11.3 Å². The van der Waals surface area contributed by atoms with Crippen LogP contribution in [0.1, 0.15) is 16.1 Å². The molecule has 0 atom stereocenters. The van der Waals surface area contributed by atoms with E-state index in [1.165, 1.54) is 11.3 Å². The SMILES string of the molecule is CN(Cc1cscn1)C(=O)c1c[nH]c2ccccc12. The minimum absolute atomic E-state index is 0.00505. The van der Waals surface area contributed by atoms with Gasteiger partial charge in [0.15, 0.2) is 0 Å². The van der Waals surface area contributed by atoms with Crippen molar-refractivity contribution in [2.24, 2.45) is 0 Å². The van der Waals surface area contributed by atoms with Crippen LogP contribution in [0.5, 0.6) is 0 Å². The van der Waals surface area contributed by atoms with Gasteiger partial charge in [-0.2, -0.15) is 0 Å². The van der Waals surface area contributed by atoms with Crippen molar-refractivity contribution in [1.82, 2.24) is 14.9 Å². The first kappa shape index (κ1) is 11.9. The van der Waals surface area contributed by atoms with Crippen molar-refractivity contribution in [2.45, 2.75) is 6.54 Å². The Morgan fingerprint density at radius 1 is 1.42 bits per heavy atom. The standard InChI is InChI=1S/C14H13N3OS/c1-17(7-10-8-19-9-16-10)14(18)12-6-15-13-5-3-2-4-11(12)13/h2-6,8-9,15H,7H2,1H3. The summed E-state index contributed by atoms with van der Waals surface area (Å²) in [7, 11) is 1.80. The number of H-pyrrole nitrogens is 1. The Bertz CT molecular complexity index is 702. The van der Waals surface area contributed by atoms with Gasteiger partial charge in [-0.3, -0.25) is 4.79 Å². The second kappa shape index (κ2) is 4.85. The Hall–Kier alpha value is -2.14. The molecule has 1 N–H and O–H groups in total. The van der Waals surface area contributed by atoms with Crippen LogP contribution in [0.25, 0.3) is 10.9 Å². The number of carbonyl (C=O) groups excluding carboxylic acids is 1. The fraction of sp³-hybridized carbons (Fsp3) is 0.143. The number of aromatic nitrogens is 2. The van der Waals surface area contributed by atoms with E-state index in [4.69, 9.17) is 0 Å². The molecule has 0 fully saturated rings. The van der Waals surface area contributed by atoms with Crippen LogP contribution in [0.3, 0.4) is 0 Å². The molecule has 0 aliphatic rings. The lowest BCUT2D eigenvalue weighted by Crippen LogP contribution is -2.26. The van der Waals surface area contributed by atoms with Crippen molar-refractivity contribution < 1.29 is 4.79 Å². The molecule has 0 radical (unpaired) electrons. The van der Waals surface area contributed by atoms with E-state index in [2.05, 4.69) is 9.97 Å². The Balaban J connectivity index is 1.87. The minimum Gasteiger partial charge on any atom is -0.360 e. The Labute approximate surface area is 114 Å². The Kier molecular flexibility index (Phi) is 3.05. The summed E-state index contributed by atoms with van der Waals surface area (Å²) in [6.45, 7) is 0.530. The number of para-hydroxylation sites is 1. The number of carbonyl (C=O) groups is 1. The quantitative estimate of drug-likeness (QED) is 0.796. The Morgan fingerprint density at radius 2 is 2.26 bits per heavy atom. The maximum atomic E-state index is 12.4. The van der Waals surface area contributed by atoms with Gasteiger partial charge in [0.1, 0.15) is 0 Å². The fourth-order valence-electron chi connectivity index (χ4n) is 2.08. The number of hydrogen-bond donors (Lipinski definition) is 1. The molecular formula is C14H13N3OS. The molecule has 1 amide bonds. The van der Waals surface area contributed by atoms with Crippen molar-refractivity contribution in [3.63, 3.8) is 0 Å². The van der Waals surface area contributed by atoms with Crippen LogP contribution in [0.4, 0.5) is 0 Å². The van der Waals surface area contributed by atoms with E-state index >= 15 is 0 Å². The Morgan fingerprint density at radius 3 is 3.05 bits per heavy atom. The van der Waals surface area contributed by atoms with Crippen LogP contribution in [-0.4, -0.2) is 27.8 Å². The number of fused-ring (bicyclic) bond motifs is 1. The van der Waals surface area contributed by atoms with Crippen molar-refractivity contribution in [3.05, 3.63) is 52.6 Å². The minimum atomic E-state index is 0.00505. The van der Waals surface area contributed by atoms with Gasteiger partial charge in [-0.1, -0.05) is 18.2 Å². The first-order valence-electron chi connectivity index (χ1n) is 5.94. The molecule has 0 aliphatic heterocycles. The lowest BCUT2D eigenvalue weighted by molar-refractivity contribution is 0.0785. The van der Waals surface area contributed by atoms with Crippen LogP contribution in [0, 0.1) is 0 Å². The third-order valence-electron chi connectivity index (χ3n) is 3.05. The zero-order chi connectivity index (χ0) is 13.2. The molecule has 96 valence electrons. The number of rotatable bonds is 3. The molecule has 3 aromatic rings. The number of nitrogens with zero attached hydrogens (tertiary/aromatic N) is 2. The smallest absolute Gasteiger partial charge is 0.256 e. The average molecular weight is 271 g/mol. The van der Waals surface area contributed by atoms with Gasteiger partial charge in [-0.05, 0) is 6.07 Å². The summed E-state index contributed by atoms with van der Waals surface area (Å²) >= 11 is 1.54. The van der Waals surface area contributed by atoms with Gasteiger partial charge in [0.05, 0.1) is 23.3 Å². The normalized spacial score (nSPS) is 10.8. The van der Waals surface area contributed by atoms with E-state index in [0.29, 0.717) is 12.1 Å². The summed E-state index contributed by atoms with van der Waals surface area (Å²) in [6, 6.07) is 7.81. The van der Waals surface area contributed by atoms with Gasteiger partial charge in [0.25, 0.3) is 5.91 Å². The second-order valence-electron chi connectivity index (χ2n) is 4.39. The van der Waals surface area contributed by atoms with Gasteiger partial charge in [0.2, 0.25) is 0 Å². The molecule has 0 bridgehead atoms. The maximum absolute atomic E-state index is 12.4. The summed E-state index contributed by atoms with van der Waals surface area (Å²) in [5.74, 6) is 0.00505. The second-order valence-corrected chi connectivity index (χ2v) is 5.11. The number of benzene rings is 1. The van der Waals surface area contributed by atoms with Crippen LogP contribution < -0.4 is 0 Å². The van der Waals surface area contributed by atoms with Crippen LogP contribution in [-0.2, 0) is 6.54 Å². The van der Waals surface area contributed by atoms with Gasteiger partial charge >= 0.3 is 0 Å². The van der Waals surface area contributed by atoms with E-state index in [0.717, 1.165) is 16.6 Å². The summed E-state index contributed by atoms with van der Waals surface area (Å²) in [5.41, 5.74) is 4.38. The number of amides is 1. The monoisotopic (exact) mass is 271 g/mol. The first-order chi connectivity index (χ1) is 9.25. The molecule has 0 aliphatic carbocycles. The van der Waals surface area contributed by atoms with E-state index in [-0.39, 0.29) is 5.91 Å². The molecule has 0 saturated heterocycles. The van der Waals surface area contributed by atoms with Crippen molar-refractivity contribution in [1.29, 1.82) is 0 Å². The third kappa shape index (κ3) is 2.24. The molecule has 4 nitrogen and oxygen atoms in total. The summed E-state index contributed by atoms with van der Waals surface area (Å²) in [4.78, 5) is 21.4. The number of hydrogen-bond acceptors (Lipinski definition) is 3.